The number of methoxy groups -OCH3 is 1. The molecule has 0 atom stereocenters. The quantitative estimate of drug-likeness (QED) is 0.586. The molecule has 1 aromatic rings. The number of halogens is 2. The van der Waals surface area contributed by atoms with E-state index >= 15 is 0 Å². The number of esters is 1. The Bertz CT molecular complexity index is 593. The van der Waals surface area contributed by atoms with Gasteiger partial charge in [-0.25, -0.2) is 9.18 Å². The SMILES string of the molecule is CNc1cc(C(=O)OC)cc(OC(C)(C)CF)c1NC(=O)CCl. The van der Waals surface area contributed by atoms with Crippen LogP contribution in [0.4, 0.5) is 15.8 Å². The van der Waals surface area contributed by atoms with Gasteiger partial charge in [0.25, 0.3) is 0 Å². The Labute approximate surface area is 139 Å². The van der Waals surface area contributed by atoms with Crippen LogP contribution in [0.25, 0.3) is 0 Å². The number of hydrogen-bond donors (Lipinski definition) is 2. The van der Waals surface area contributed by atoms with E-state index in [-0.39, 0.29) is 22.9 Å². The third-order valence-corrected chi connectivity index (χ3v) is 3.13. The first-order valence-corrected chi connectivity index (χ1v) is 7.36. The minimum atomic E-state index is -1.14. The van der Waals surface area contributed by atoms with Crippen molar-refractivity contribution in [1.82, 2.24) is 0 Å². The van der Waals surface area contributed by atoms with Gasteiger partial charge in [0, 0.05) is 7.05 Å². The summed E-state index contributed by atoms with van der Waals surface area (Å²) < 4.78 is 23.4. The monoisotopic (exact) mass is 346 g/mol. The van der Waals surface area contributed by atoms with E-state index in [1.165, 1.54) is 19.2 Å². The second-order valence-corrected chi connectivity index (χ2v) is 5.58. The first kappa shape index (κ1) is 19.0. The molecular formula is C15H20ClFN2O4. The van der Waals surface area contributed by atoms with E-state index in [1.54, 1.807) is 20.9 Å². The number of alkyl halides is 2. The molecule has 0 aliphatic rings. The summed E-state index contributed by atoms with van der Waals surface area (Å²) >= 11 is 5.51. The lowest BCUT2D eigenvalue weighted by atomic mass is 10.1. The first-order chi connectivity index (χ1) is 10.8. The number of anilines is 2. The molecule has 0 unspecified atom stereocenters. The highest BCUT2D eigenvalue weighted by atomic mass is 35.5. The molecular weight excluding hydrogens is 327 g/mol. The van der Waals surface area contributed by atoms with Crippen LogP contribution in [0.15, 0.2) is 12.1 Å². The van der Waals surface area contributed by atoms with Gasteiger partial charge < -0.3 is 20.1 Å². The summed E-state index contributed by atoms with van der Waals surface area (Å²) in [4.78, 5) is 23.4. The lowest BCUT2D eigenvalue weighted by Crippen LogP contribution is -2.31. The Morgan fingerprint density at radius 1 is 1.35 bits per heavy atom. The second-order valence-electron chi connectivity index (χ2n) is 5.32. The summed E-state index contributed by atoms with van der Waals surface area (Å²) in [6, 6.07) is 2.87. The molecule has 0 spiro atoms. The van der Waals surface area contributed by atoms with Crippen LogP contribution in [0, 0.1) is 0 Å². The normalized spacial score (nSPS) is 10.9. The van der Waals surface area contributed by atoms with Gasteiger partial charge in [0.05, 0.1) is 18.4 Å². The number of benzene rings is 1. The zero-order chi connectivity index (χ0) is 17.6. The molecule has 0 fully saturated rings. The minimum absolute atomic E-state index is 0.137. The molecule has 6 nitrogen and oxygen atoms in total. The van der Waals surface area contributed by atoms with Crippen molar-refractivity contribution in [3.63, 3.8) is 0 Å². The van der Waals surface area contributed by atoms with E-state index in [9.17, 15) is 14.0 Å². The third kappa shape index (κ3) is 4.99. The molecule has 0 saturated carbocycles. The van der Waals surface area contributed by atoms with Crippen molar-refractivity contribution in [3.8, 4) is 5.75 Å². The highest BCUT2D eigenvalue weighted by molar-refractivity contribution is 6.29. The topological polar surface area (TPSA) is 76.7 Å². The fraction of sp³-hybridized carbons (Fsp3) is 0.467. The summed E-state index contributed by atoms with van der Waals surface area (Å²) in [5.41, 5.74) is -0.256. The number of hydrogen-bond acceptors (Lipinski definition) is 5. The highest BCUT2D eigenvalue weighted by Gasteiger charge is 2.25. The molecule has 128 valence electrons. The number of rotatable bonds is 7. The molecule has 0 aliphatic heterocycles. The molecule has 0 heterocycles. The molecule has 1 amide bonds. The van der Waals surface area contributed by atoms with Gasteiger partial charge in [-0.15, -0.1) is 11.6 Å². The Kier molecular flexibility index (Phi) is 6.62. The molecule has 0 radical (unpaired) electrons. The summed E-state index contributed by atoms with van der Waals surface area (Å²) in [7, 11) is 2.85. The number of amides is 1. The van der Waals surface area contributed by atoms with Crippen molar-refractivity contribution in [2.45, 2.75) is 19.4 Å². The molecule has 0 saturated heterocycles. The predicted molar refractivity (Wildman–Crippen MR) is 87.4 cm³/mol. The van der Waals surface area contributed by atoms with Gasteiger partial charge in [-0.3, -0.25) is 4.79 Å². The molecule has 1 aromatic carbocycles. The fourth-order valence-electron chi connectivity index (χ4n) is 1.76. The van der Waals surface area contributed by atoms with Crippen LogP contribution in [-0.2, 0) is 9.53 Å². The molecule has 23 heavy (non-hydrogen) atoms. The largest absolute Gasteiger partial charge is 0.483 e. The Morgan fingerprint density at radius 3 is 2.48 bits per heavy atom. The Hall–Kier alpha value is -2.02. The maximum absolute atomic E-state index is 13.1. The average Bonchev–Trinajstić information content (AvgIpc) is 2.54. The molecule has 2 N–H and O–H groups in total. The predicted octanol–water partition coefficient (Wildman–Crippen LogP) is 2.82. The Balaban J connectivity index is 3.43. The van der Waals surface area contributed by atoms with Gasteiger partial charge in [-0.2, -0.15) is 0 Å². The van der Waals surface area contributed by atoms with Crippen LogP contribution in [0.5, 0.6) is 5.75 Å². The van der Waals surface area contributed by atoms with Gasteiger partial charge in [0.2, 0.25) is 5.91 Å². The summed E-state index contributed by atoms with van der Waals surface area (Å²) in [5, 5.41) is 5.43. The van der Waals surface area contributed by atoms with E-state index < -0.39 is 24.2 Å². The summed E-state index contributed by atoms with van der Waals surface area (Å²) in [6.07, 6.45) is 0. The van der Waals surface area contributed by atoms with E-state index in [0.717, 1.165) is 0 Å². The third-order valence-electron chi connectivity index (χ3n) is 2.89. The van der Waals surface area contributed by atoms with Crippen LogP contribution in [0.2, 0.25) is 0 Å². The summed E-state index contributed by atoms with van der Waals surface area (Å²) in [5.74, 6) is -1.16. The van der Waals surface area contributed by atoms with Crippen LogP contribution in [0.1, 0.15) is 24.2 Å². The number of carbonyl (C=O) groups is 2. The van der Waals surface area contributed by atoms with Crippen molar-refractivity contribution in [2.75, 3.05) is 37.3 Å². The van der Waals surface area contributed by atoms with Gasteiger partial charge in [0.15, 0.2) is 0 Å². The number of nitrogens with one attached hydrogen (secondary N) is 2. The molecule has 0 aliphatic carbocycles. The smallest absolute Gasteiger partial charge is 0.338 e. The van der Waals surface area contributed by atoms with Gasteiger partial charge in [0.1, 0.15) is 29.6 Å². The zero-order valence-electron chi connectivity index (χ0n) is 13.5. The van der Waals surface area contributed by atoms with Gasteiger partial charge in [-0.05, 0) is 26.0 Å². The van der Waals surface area contributed by atoms with E-state index in [4.69, 9.17) is 16.3 Å². The molecule has 1 rings (SSSR count). The van der Waals surface area contributed by atoms with Crippen LogP contribution < -0.4 is 15.4 Å². The summed E-state index contributed by atoms with van der Waals surface area (Å²) in [6.45, 7) is 2.33. The van der Waals surface area contributed by atoms with Crippen molar-refractivity contribution >= 4 is 34.9 Å². The van der Waals surface area contributed by atoms with Crippen molar-refractivity contribution in [1.29, 1.82) is 0 Å². The van der Waals surface area contributed by atoms with E-state index in [1.807, 2.05) is 0 Å². The fourth-order valence-corrected chi connectivity index (χ4v) is 1.82. The average molecular weight is 347 g/mol. The Morgan fingerprint density at radius 2 is 2.00 bits per heavy atom. The van der Waals surface area contributed by atoms with Gasteiger partial charge >= 0.3 is 5.97 Å². The molecule has 0 bridgehead atoms. The van der Waals surface area contributed by atoms with Crippen LogP contribution in [0.3, 0.4) is 0 Å². The maximum Gasteiger partial charge on any atom is 0.338 e. The second kappa shape index (κ2) is 8.01. The molecule has 0 aromatic heterocycles. The molecule has 8 heteroatoms. The van der Waals surface area contributed by atoms with E-state index in [0.29, 0.717) is 5.69 Å². The van der Waals surface area contributed by atoms with Crippen molar-refractivity contribution in [3.05, 3.63) is 17.7 Å². The maximum atomic E-state index is 13.1. The van der Waals surface area contributed by atoms with Crippen molar-refractivity contribution in [2.24, 2.45) is 0 Å². The highest BCUT2D eigenvalue weighted by Crippen LogP contribution is 2.37. The standard InChI is InChI=1S/C15H20ClFN2O4/c1-15(2,8-17)23-11-6-9(14(21)22-4)5-10(18-3)13(11)19-12(20)7-16/h5-6,18H,7-8H2,1-4H3,(H,19,20). The lowest BCUT2D eigenvalue weighted by Gasteiger charge is -2.26. The van der Waals surface area contributed by atoms with E-state index in [2.05, 4.69) is 15.4 Å². The minimum Gasteiger partial charge on any atom is -0.483 e. The first-order valence-electron chi connectivity index (χ1n) is 6.83. The lowest BCUT2D eigenvalue weighted by molar-refractivity contribution is -0.113. The van der Waals surface area contributed by atoms with Crippen molar-refractivity contribution < 1.29 is 23.5 Å². The number of carbonyl (C=O) groups excluding carboxylic acids is 2. The zero-order valence-corrected chi connectivity index (χ0v) is 14.2. The number of ether oxygens (including phenoxy) is 2. The van der Waals surface area contributed by atoms with Crippen LogP contribution >= 0.6 is 11.6 Å². The van der Waals surface area contributed by atoms with Crippen LogP contribution in [-0.4, -0.2) is 44.2 Å². The van der Waals surface area contributed by atoms with Gasteiger partial charge in [-0.1, -0.05) is 0 Å².